The van der Waals surface area contributed by atoms with Crippen molar-refractivity contribution in [1.29, 1.82) is 0 Å². The van der Waals surface area contributed by atoms with E-state index in [0.29, 0.717) is 12.3 Å². The molecule has 1 aliphatic heterocycles. The van der Waals surface area contributed by atoms with Gasteiger partial charge in [-0.15, -0.1) is 0 Å². The molecule has 1 amide bonds. The first-order chi connectivity index (χ1) is 9.67. The van der Waals surface area contributed by atoms with Gasteiger partial charge in [0.2, 0.25) is 5.91 Å². The van der Waals surface area contributed by atoms with Crippen molar-refractivity contribution in [2.75, 3.05) is 19.6 Å². The third-order valence-corrected chi connectivity index (χ3v) is 4.89. The summed E-state index contributed by atoms with van der Waals surface area (Å²) in [6, 6.07) is 2.36. The van der Waals surface area contributed by atoms with Crippen LogP contribution in [0.15, 0.2) is 16.8 Å². The van der Waals surface area contributed by atoms with Gasteiger partial charge in [0.15, 0.2) is 0 Å². The lowest BCUT2D eigenvalue weighted by atomic mass is 9.93. The molecule has 2 heterocycles. The summed E-state index contributed by atoms with van der Waals surface area (Å²) in [5.41, 5.74) is 1.32. The lowest BCUT2D eigenvalue weighted by Crippen LogP contribution is -2.38. The van der Waals surface area contributed by atoms with Gasteiger partial charge in [-0.1, -0.05) is 6.92 Å². The second kappa shape index (κ2) is 7.79. The number of amides is 1. The number of thiophene rings is 1. The molecule has 3 nitrogen and oxygen atoms in total. The van der Waals surface area contributed by atoms with Crippen LogP contribution in [0.3, 0.4) is 0 Å². The molecule has 0 aromatic carbocycles. The molecular weight excluding hydrogens is 268 g/mol. The molecule has 0 unspecified atom stereocenters. The molecule has 0 bridgehead atoms. The van der Waals surface area contributed by atoms with Crippen molar-refractivity contribution in [1.82, 2.24) is 10.2 Å². The average Bonchev–Trinajstić information content (AvgIpc) is 2.92. The van der Waals surface area contributed by atoms with Crippen molar-refractivity contribution in [2.45, 2.75) is 45.6 Å². The van der Waals surface area contributed by atoms with Crippen LogP contribution in [0.2, 0.25) is 0 Å². The molecule has 0 saturated carbocycles. The predicted octanol–water partition coefficient (Wildman–Crippen LogP) is 2.92. The molecule has 112 valence electrons. The van der Waals surface area contributed by atoms with Crippen LogP contribution in [0.5, 0.6) is 0 Å². The third-order valence-electron chi connectivity index (χ3n) is 4.16. The maximum absolute atomic E-state index is 12.1. The molecule has 1 N–H and O–H groups in total. The first-order valence-corrected chi connectivity index (χ1v) is 8.64. The zero-order valence-corrected chi connectivity index (χ0v) is 13.4. The Morgan fingerprint density at radius 1 is 1.50 bits per heavy atom. The summed E-state index contributed by atoms with van der Waals surface area (Å²) in [6.45, 7) is 7.74. The van der Waals surface area contributed by atoms with Crippen molar-refractivity contribution < 1.29 is 4.79 Å². The second-order valence-corrected chi connectivity index (χ2v) is 6.67. The second-order valence-electron chi connectivity index (χ2n) is 5.89. The third kappa shape index (κ3) is 4.91. The largest absolute Gasteiger partial charge is 0.353 e. The van der Waals surface area contributed by atoms with E-state index >= 15 is 0 Å². The smallest absolute Gasteiger partial charge is 0.220 e. The summed E-state index contributed by atoms with van der Waals surface area (Å²) in [4.78, 5) is 14.5. The van der Waals surface area contributed by atoms with E-state index in [1.165, 1.54) is 18.4 Å². The molecule has 1 aromatic heterocycles. The minimum atomic E-state index is 0.225. The number of carbonyl (C=O) groups excluding carboxylic acids is 1. The highest BCUT2D eigenvalue weighted by Crippen LogP contribution is 2.20. The standard InChI is InChI=1S/C16H26N2OS/c1-3-18-7-4-14(5-8-18)11-16(19)17-13(2)10-15-6-9-20-12-15/h6,9,12-14H,3-5,7-8,10-11H2,1-2H3,(H,17,19)/t13-/m1/s1. The fourth-order valence-electron chi connectivity index (χ4n) is 2.92. The first kappa shape index (κ1) is 15.5. The van der Waals surface area contributed by atoms with Gasteiger partial charge >= 0.3 is 0 Å². The number of likely N-dealkylation sites (tertiary alicyclic amines) is 1. The fraction of sp³-hybridized carbons (Fsp3) is 0.688. The Morgan fingerprint density at radius 2 is 2.25 bits per heavy atom. The van der Waals surface area contributed by atoms with Gasteiger partial charge in [-0.2, -0.15) is 11.3 Å². The lowest BCUT2D eigenvalue weighted by molar-refractivity contribution is -0.122. The number of hydrogen-bond acceptors (Lipinski definition) is 3. The van der Waals surface area contributed by atoms with E-state index in [0.717, 1.165) is 26.1 Å². The van der Waals surface area contributed by atoms with Crippen molar-refractivity contribution in [3.05, 3.63) is 22.4 Å². The van der Waals surface area contributed by atoms with Gasteiger partial charge in [0, 0.05) is 12.5 Å². The Labute approximate surface area is 126 Å². The monoisotopic (exact) mass is 294 g/mol. The maximum Gasteiger partial charge on any atom is 0.220 e. The SMILES string of the molecule is CCN1CCC(CC(=O)N[C@H](C)Cc2ccsc2)CC1. The summed E-state index contributed by atoms with van der Waals surface area (Å²) in [6.07, 6.45) is 3.97. The normalized spacial score (nSPS) is 18.9. The molecule has 1 saturated heterocycles. The van der Waals surface area contributed by atoms with Gasteiger partial charge < -0.3 is 10.2 Å². The van der Waals surface area contributed by atoms with Crippen molar-refractivity contribution in [2.24, 2.45) is 5.92 Å². The zero-order chi connectivity index (χ0) is 14.4. The summed E-state index contributed by atoms with van der Waals surface area (Å²) < 4.78 is 0. The van der Waals surface area contributed by atoms with Gasteiger partial charge in [-0.05, 0) is 74.1 Å². The van der Waals surface area contributed by atoms with Gasteiger partial charge in [-0.25, -0.2) is 0 Å². The molecular formula is C16H26N2OS. The molecule has 20 heavy (non-hydrogen) atoms. The van der Waals surface area contributed by atoms with Crippen LogP contribution in [0.1, 0.15) is 38.7 Å². The van der Waals surface area contributed by atoms with Crippen LogP contribution in [0.4, 0.5) is 0 Å². The number of hydrogen-bond donors (Lipinski definition) is 1. The van der Waals surface area contributed by atoms with Crippen LogP contribution in [-0.4, -0.2) is 36.5 Å². The highest BCUT2D eigenvalue weighted by Gasteiger charge is 2.21. The topological polar surface area (TPSA) is 32.3 Å². The molecule has 1 aliphatic rings. The molecule has 4 heteroatoms. The number of nitrogens with zero attached hydrogens (tertiary/aromatic N) is 1. The Kier molecular flexibility index (Phi) is 6.05. The summed E-state index contributed by atoms with van der Waals surface area (Å²) >= 11 is 1.71. The fourth-order valence-corrected chi connectivity index (χ4v) is 3.60. The van der Waals surface area contributed by atoms with E-state index < -0.39 is 0 Å². The van der Waals surface area contributed by atoms with E-state index in [9.17, 15) is 4.79 Å². The quantitative estimate of drug-likeness (QED) is 0.875. The van der Waals surface area contributed by atoms with E-state index in [-0.39, 0.29) is 11.9 Å². The van der Waals surface area contributed by atoms with Crippen LogP contribution in [0, 0.1) is 5.92 Å². The zero-order valence-electron chi connectivity index (χ0n) is 12.6. The average molecular weight is 294 g/mol. The van der Waals surface area contributed by atoms with E-state index in [4.69, 9.17) is 0 Å². The minimum Gasteiger partial charge on any atom is -0.353 e. The van der Waals surface area contributed by atoms with Gasteiger partial charge in [0.25, 0.3) is 0 Å². The summed E-state index contributed by atoms with van der Waals surface area (Å²) in [5, 5.41) is 7.39. The van der Waals surface area contributed by atoms with Crippen LogP contribution in [-0.2, 0) is 11.2 Å². The molecule has 1 atom stereocenters. The summed E-state index contributed by atoms with van der Waals surface area (Å²) in [5.74, 6) is 0.800. The Bertz CT molecular complexity index is 397. The predicted molar refractivity (Wildman–Crippen MR) is 85.1 cm³/mol. The molecule has 0 aliphatic carbocycles. The number of nitrogens with one attached hydrogen (secondary N) is 1. The van der Waals surface area contributed by atoms with Crippen molar-refractivity contribution >= 4 is 17.2 Å². The minimum absolute atomic E-state index is 0.225. The van der Waals surface area contributed by atoms with Gasteiger partial charge in [-0.3, -0.25) is 4.79 Å². The number of rotatable bonds is 6. The maximum atomic E-state index is 12.1. The van der Waals surface area contributed by atoms with E-state index in [2.05, 4.69) is 40.9 Å². The molecule has 0 spiro atoms. The highest BCUT2D eigenvalue weighted by atomic mass is 32.1. The van der Waals surface area contributed by atoms with E-state index in [1.54, 1.807) is 11.3 Å². The number of carbonyl (C=O) groups is 1. The summed E-state index contributed by atoms with van der Waals surface area (Å²) in [7, 11) is 0. The van der Waals surface area contributed by atoms with Gasteiger partial charge in [0.05, 0.1) is 0 Å². The molecule has 1 fully saturated rings. The Hall–Kier alpha value is -0.870. The van der Waals surface area contributed by atoms with Crippen LogP contribution >= 0.6 is 11.3 Å². The van der Waals surface area contributed by atoms with Crippen molar-refractivity contribution in [3.63, 3.8) is 0 Å². The van der Waals surface area contributed by atoms with Crippen LogP contribution in [0.25, 0.3) is 0 Å². The van der Waals surface area contributed by atoms with E-state index in [1.807, 2.05) is 0 Å². The van der Waals surface area contributed by atoms with Crippen molar-refractivity contribution in [3.8, 4) is 0 Å². The lowest BCUT2D eigenvalue weighted by Gasteiger charge is -2.30. The molecule has 0 radical (unpaired) electrons. The number of piperidine rings is 1. The highest BCUT2D eigenvalue weighted by molar-refractivity contribution is 7.07. The molecule has 2 rings (SSSR count). The van der Waals surface area contributed by atoms with Crippen LogP contribution < -0.4 is 5.32 Å². The van der Waals surface area contributed by atoms with Gasteiger partial charge in [0.1, 0.15) is 0 Å². The molecule has 1 aromatic rings. The Balaban J connectivity index is 1.67. The first-order valence-electron chi connectivity index (χ1n) is 7.70. The Morgan fingerprint density at radius 3 is 2.85 bits per heavy atom.